The summed E-state index contributed by atoms with van der Waals surface area (Å²) < 4.78 is 5.28. The SMILES string of the molecule is CC=C=C(c1ccccc1)C(C)(C)COC. The zero-order chi connectivity index (χ0) is 12.0. The van der Waals surface area contributed by atoms with Crippen LogP contribution in [0.1, 0.15) is 26.3 Å². The Kier molecular flexibility index (Phi) is 4.54. The van der Waals surface area contributed by atoms with Crippen LogP contribution in [0, 0.1) is 5.41 Å². The van der Waals surface area contributed by atoms with Gasteiger partial charge in [0, 0.05) is 18.1 Å². The van der Waals surface area contributed by atoms with E-state index >= 15 is 0 Å². The van der Waals surface area contributed by atoms with Crippen LogP contribution in [0.5, 0.6) is 0 Å². The third-order valence-corrected chi connectivity index (χ3v) is 2.53. The molecule has 0 heterocycles. The van der Waals surface area contributed by atoms with Crippen molar-refractivity contribution in [2.24, 2.45) is 5.41 Å². The molecule has 0 aliphatic heterocycles. The molecule has 0 spiro atoms. The predicted octanol–water partition coefficient (Wildman–Crippen LogP) is 3.92. The molecular weight excluding hydrogens is 196 g/mol. The minimum absolute atomic E-state index is 0.0252. The number of hydrogen-bond acceptors (Lipinski definition) is 1. The molecular formula is C15H20O. The number of rotatable bonds is 4. The molecule has 0 atom stereocenters. The molecule has 0 amide bonds. The summed E-state index contributed by atoms with van der Waals surface area (Å²) in [6.07, 6.45) is 1.96. The average Bonchev–Trinajstić information content (AvgIpc) is 2.27. The second kappa shape index (κ2) is 5.69. The fourth-order valence-corrected chi connectivity index (χ4v) is 1.85. The Balaban J connectivity index is 3.17. The lowest BCUT2D eigenvalue weighted by Gasteiger charge is -2.26. The topological polar surface area (TPSA) is 9.23 Å². The van der Waals surface area contributed by atoms with E-state index in [1.165, 1.54) is 11.1 Å². The van der Waals surface area contributed by atoms with Crippen molar-refractivity contribution < 1.29 is 4.74 Å². The van der Waals surface area contributed by atoms with Crippen LogP contribution in [-0.2, 0) is 4.74 Å². The highest BCUT2D eigenvalue weighted by atomic mass is 16.5. The van der Waals surface area contributed by atoms with Gasteiger partial charge in [-0.2, -0.15) is 0 Å². The lowest BCUT2D eigenvalue weighted by Crippen LogP contribution is -2.20. The normalized spacial score (nSPS) is 10.8. The van der Waals surface area contributed by atoms with Gasteiger partial charge in [0.2, 0.25) is 0 Å². The van der Waals surface area contributed by atoms with Crippen molar-refractivity contribution >= 4 is 5.57 Å². The molecule has 0 aromatic heterocycles. The van der Waals surface area contributed by atoms with Crippen molar-refractivity contribution in [3.05, 3.63) is 47.7 Å². The molecule has 0 aliphatic carbocycles. The third kappa shape index (κ3) is 3.10. The molecule has 0 saturated carbocycles. The van der Waals surface area contributed by atoms with Gasteiger partial charge in [0.05, 0.1) is 6.61 Å². The molecule has 0 bridgehead atoms. The molecule has 0 saturated heterocycles. The molecule has 0 unspecified atom stereocenters. The third-order valence-electron chi connectivity index (χ3n) is 2.53. The van der Waals surface area contributed by atoms with Gasteiger partial charge >= 0.3 is 0 Å². The predicted molar refractivity (Wildman–Crippen MR) is 69.3 cm³/mol. The lowest BCUT2D eigenvalue weighted by molar-refractivity contribution is 0.138. The van der Waals surface area contributed by atoms with Crippen LogP contribution < -0.4 is 0 Å². The summed E-state index contributed by atoms with van der Waals surface area (Å²) >= 11 is 0. The van der Waals surface area contributed by atoms with E-state index in [-0.39, 0.29) is 5.41 Å². The molecule has 1 aromatic carbocycles. The zero-order valence-corrected chi connectivity index (χ0v) is 10.6. The molecule has 0 N–H and O–H groups in total. The largest absolute Gasteiger partial charge is 0.384 e. The van der Waals surface area contributed by atoms with Crippen molar-refractivity contribution in [2.45, 2.75) is 20.8 Å². The van der Waals surface area contributed by atoms with Crippen LogP contribution in [0.2, 0.25) is 0 Å². The number of hydrogen-bond donors (Lipinski definition) is 0. The van der Waals surface area contributed by atoms with Gasteiger partial charge in [-0.3, -0.25) is 0 Å². The maximum absolute atomic E-state index is 5.28. The van der Waals surface area contributed by atoms with Gasteiger partial charge in [0.25, 0.3) is 0 Å². The quantitative estimate of drug-likeness (QED) is 0.693. The Morgan fingerprint density at radius 1 is 1.31 bits per heavy atom. The van der Waals surface area contributed by atoms with E-state index in [1.807, 2.05) is 19.1 Å². The van der Waals surface area contributed by atoms with Gasteiger partial charge in [-0.1, -0.05) is 44.2 Å². The lowest BCUT2D eigenvalue weighted by atomic mass is 9.81. The molecule has 1 heteroatoms. The Morgan fingerprint density at radius 3 is 2.44 bits per heavy atom. The highest BCUT2D eigenvalue weighted by Crippen LogP contribution is 2.33. The first-order valence-electron chi connectivity index (χ1n) is 5.58. The fourth-order valence-electron chi connectivity index (χ4n) is 1.85. The number of methoxy groups -OCH3 is 1. The van der Waals surface area contributed by atoms with Crippen molar-refractivity contribution in [2.75, 3.05) is 13.7 Å². The van der Waals surface area contributed by atoms with E-state index in [1.54, 1.807) is 7.11 Å². The minimum Gasteiger partial charge on any atom is -0.384 e. The highest BCUT2D eigenvalue weighted by molar-refractivity contribution is 5.69. The Morgan fingerprint density at radius 2 is 1.94 bits per heavy atom. The first kappa shape index (κ1) is 12.8. The summed E-state index contributed by atoms with van der Waals surface area (Å²) in [5, 5.41) is 0. The van der Waals surface area contributed by atoms with E-state index in [0.29, 0.717) is 6.61 Å². The van der Waals surface area contributed by atoms with Crippen LogP contribution in [0.4, 0.5) is 0 Å². The Bertz CT molecular complexity index is 381. The number of ether oxygens (including phenoxy) is 1. The second-order valence-electron chi connectivity index (χ2n) is 4.49. The summed E-state index contributed by atoms with van der Waals surface area (Å²) in [7, 11) is 1.74. The highest BCUT2D eigenvalue weighted by Gasteiger charge is 2.24. The fraction of sp³-hybridized carbons (Fsp3) is 0.400. The van der Waals surface area contributed by atoms with Gasteiger partial charge in [-0.05, 0) is 18.6 Å². The maximum Gasteiger partial charge on any atom is 0.0560 e. The van der Waals surface area contributed by atoms with E-state index < -0.39 is 0 Å². The molecule has 1 aromatic rings. The first-order chi connectivity index (χ1) is 7.61. The standard InChI is InChI=1S/C15H20O/c1-5-9-14(15(2,3)12-16-4)13-10-7-6-8-11-13/h5-8,10-11H,12H2,1-4H3. The summed E-state index contributed by atoms with van der Waals surface area (Å²) in [5.74, 6) is 0. The van der Waals surface area contributed by atoms with Crippen LogP contribution >= 0.6 is 0 Å². The van der Waals surface area contributed by atoms with Gasteiger partial charge in [-0.25, -0.2) is 0 Å². The monoisotopic (exact) mass is 216 g/mol. The van der Waals surface area contributed by atoms with Crippen LogP contribution in [-0.4, -0.2) is 13.7 Å². The van der Waals surface area contributed by atoms with Crippen LogP contribution in [0.3, 0.4) is 0 Å². The average molecular weight is 216 g/mol. The van der Waals surface area contributed by atoms with Gasteiger partial charge in [-0.15, -0.1) is 5.73 Å². The summed E-state index contributed by atoms with van der Waals surface area (Å²) in [4.78, 5) is 0. The van der Waals surface area contributed by atoms with Crippen molar-refractivity contribution in [3.8, 4) is 0 Å². The van der Waals surface area contributed by atoms with Crippen LogP contribution in [0.15, 0.2) is 42.1 Å². The van der Waals surface area contributed by atoms with Crippen molar-refractivity contribution in [3.63, 3.8) is 0 Å². The summed E-state index contributed by atoms with van der Waals surface area (Å²) in [5.41, 5.74) is 5.71. The molecule has 0 radical (unpaired) electrons. The number of benzene rings is 1. The molecule has 0 aliphatic rings. The smallest absolute Gasteiger partial charge is 0.0560 e. The van der Waals surface area contributed by atoms with E-state index in [4.69, 9.17) is 4.74 Å². The molecule has 1 nitrogen and oxygen atoms in total. The van der Waals surface area contributed by atoms with Crippen molar-refractivity contribution in [1.82, 2.24) is 0 Å². The van der Waals surface area contributed by atoms with E-state index in [2.05, 4.69) is 43.8 Å². The first-order valence-corrected chi connectivity index (χ1v) is 5.58. The van der Waals surface area contributed by atoms with Gasteiger partial charge in [0.1, 0.15) is 0 Å². The van der Waals surface area contributed by atoms with E-state index in [9.17, 15) is 0 Å². The molecule has 0 fully saturated rings. The summed E-state index contributed by atoms with van der Waals surface area (Å²) in [6, 6.07) is 10.4. The minimum atomic E-state index is -0.0252. The zero-order valence-electron chi connectivity index (χ0n) is 10.6. The Labute approximate surface area is 98.5 Å². The second-order valence-corrected chi connectivity index (χ2v) is 4.49. The summed E-state index contributed by atoms with van der Waals surface area (Å²) in [6.45, 7) is 7.04. The molecule has 16 heavy (non-hydrogen) atoms. The molecule has 1 rings (SSSR count). The van der Waals surface area contributed by atoms with Crippen molar-refractivity contribution in [1.29, 1.82) is 0 Å². The Hall–Kier alpha value is -1.30. The van der Waals surface area contributed by atoms with Crippen LogP contribution in [0.25, 0.3) is 5.57 Å². The van der Waals surface area contributed by atoms with E-state index in [0.717, 1.165) is 0 Å². The molecule has 86 valence electrons. The van der Waals surface area contributed by atoms with Gasteiger partial charge in [0.15, 0.2) is 0 Å². The van der Waals surface area contributed by atoms with Gasteiger partial charge < -0.3 is 4.74 Å². The maximum atomic E-state index is 5.28.